The topological polar surface area (TPSA) is 38.7 Å². The molecule has 1 fully saturated rings. The molecule has 138 valence electrons. The number of unbranched alkanes of at least 4 members (excludes halogenated alkanes) is 1. The maximum atomic E-state index is 10.9. The second-order valence-corrected chi connectivity index (χ2v) is 8.13. The fourth-order valence-electron chi connectivity index (χ4n) is 3.30. The molecule has 0 aliphatic carbocycles. The van der Waals surface area contributed by atoms with Gasteiger partial charge in [-0.1, -0.05) is 49.7 Å². The van der Waals surface area contributed by atoms with Gasteiger partial charge in [0.2, 0.25) is 0 Å². The lowest BCUT2D eigenvalue weighted by Crippen LogP contribution is -2.41. The van der Waals surface area contributed by atoms with E-state index in [2.05, 4.69) is 25.1 Å². The van der Waals surface area contributed by atoms with Gasteiger partial charge in [-0.05, 0) is 63.3 Å². The number of phenols is 1. The molecule has 0 unspecified atom stereocenters. The van der Waals surface area contributed by atoms with Crippen LogP contribution in [-0.2, 0) is 15.7 Å². The van der Waals surface area contributed by atoms with Crippen LogP contribution in [0.5, 0.6) is 5.75 Å². The molecule has 4 heteroatoms. The molecule has 2 aromatic rings. The Bertz CT molecular complexity index is 752. The van der Waals surface area contributed by atoms with Crippen LogP contribution in [0.1, 0.15) is 53.0 Å². The summed E-state index contributed by atoms with van der Waals surface area (Å²) in [6.45, 7) is 10.3. The number of hydrogen-bond donors (Lipinski definition) is 1. The zero-order valence-electron chi connectivity index (χ0n) is 16.5. The highest BCUT2D eigenvalue weighted by atomic mass is 16.7. The van der Waals surface area contributed by atoms with Gasteiger partial charge in [0.15, 0.2) is 0 Å². The molecule has 0 radical (unpaired) electrons. The van der Waals surface area contributed by atoms with E-state index in [0.717, 1.165) is 41.4 Å². The van der Waals surface area contributed by atoms with Crippen molar-refractivity contribution in [3.05, 3.63) is 48.0 Å². The summed E-state index contributed by atoms with van der Waals surface area (Å²) in [4.78, 5) is 0. The predicted octanol–water partition coefficient (Wildman–Crippen LogP) is 4.70. The normalized spacial score (nSPS) is 18.3. The summed E-state index contributed by atoms with van der Waals surface area (Å²) in [5, 5.41) is 10.9. The highest BCUT2D eigenvalue weighted by Crippen LogP contribution is 2.38. The van der Waals surface area contributed by atoms with E-state index in [0.29, 0.717) is 0 Å². The molecule has 1 aliphatic heterocycles. The van der Waals surface area contributed by atoms with Gasteiger partial charge in [-0.2, -0.15) is 0 Å². The first-order valence-electron chi connectivity index (χ1n) is 9.52. The number of phenolic OH excluding ortho intramolecular Hbond substituents is 1. The molecular formula is C22H29BO3. The zero-order chi connectivity index (χ0) is 18.9. The molecule has 2 aromatic carbocycles. The number of benzene rings is 2. The number of aryl methyl sites for hydroxylation is 1. The van der Waals surface area contributed by atoms with Gasteiger partial charge in [0.25, 0.3) is 0 Å². The lowest BCUT2D eigenvalue weighted by atomic mass is 9.73. The molecular weight excluding hydrogens is 323 g/mol. The molecule has 1 aliphatic rings. The fraction of sp³-hybridized carbons (Fsp3) is 0.455. The summed E-state index contributed by atoms with van der Waals surface area (Å²) >= 11 is 0. The van der Waals surface area contributed by atoms with Gasteiger partial charge in [-0.25, -0.2) is 0 Å². The van der Waals surface area contributed by atoms with Gasteiger partial charge in [0, 0.05) is 5.46 Å². The van der Waals surface area contributed by atoms with Gasteiger partial charge in [0.05, 0.1) is 11.2 Å². The molecule has 1 heterocycles. The van der Waals surface area contributed by atoms with Crippen LogP contribution in [0.2, 0.25) is 0 Å². The Morgan fingerprint density at radius 3 is 2.12 bits per heavy atom. The average Bonchev–Trinajstić information content (AvgIpc) is 2.80. The molecule has 0 bridgehead atoms. The summed E-state index contributed by atoms with van der Waals surface area (Å²) in [6, 6.07) is 14.1. The van der Waals surface area contributed by atoms with Crippen molar-refractivity contribution in [2.45, 2.75) is 65.1 Å². The molecule has 26 heavy (non-hydrogen) atoms. The van der Waals surface area contributed by atoms with E-state index >= 15 is 0 Å². The highest BCUT2D eigenvalue weighted by molar-refractivity contribution is 6.63. The maximum Gasteiger partial charge on any atom is 0.498 e. The summed E-state index contributed by atoms with van der Waals surface area (Å²) < 4.78 is 12.4. The van der Waals surface area contributed by atoms with E-state index in [-0.39, 0.29) is 5.75 Å². The second kappa shape index (κ2) is 7.09. The molecule has 0 spiro atoms. The van der Waals surface area contributed by atoms with Crippen molar-refractivity contribution < 1.29 is 14.4 Å². The van der Waals surface area contributed by atoms with Crippen molar-refractivity contribution in [1.29, 1.82) is 0 Å². The Morgan fingerprint density at radius 1 is 0.923 bits per heavy atom. The minimum absolute atomic E-state index is 0.246. The average molecular weight is 352 g/mol. The third kappa shape index (κ3) is 3.53. The van der Waals surface area contributed by atoms with Crippen LogP contribution < -0.4 is 5.46 Å². The van der Waals surface area contributed by atoms with Crippen LogP contribution in [0.3, 0.4) is 0 Å². The molecule has 0 atom stereocenters. The molecule has 0 amide bonds. The van der Waals surface area contributed by atoms with Gasteiger partial charge >= 0.3 is 7.12 Å². The highest BCUT2D eigenvalue weighted by Gasteiger charge is 2.53. The number of hydrogen-bond acceptors (Lipinski definition) is 3. The van der Waals surface area contributed by atoms with Crippen molar-refractivity contribution in [2.75, 3.05) is 0 Å². The van der Waals surface area contributed by atoms with Crippen LogP contribution in [0, 0.1) is 0 Å². The van der Waals surface area contributed by atoms with E-state index < -0.39 is 18.3 Å². The standard InChI is InChI=1S/C22H29BO3/c1-6-7-11-17-14-18(16-12-9-8-10-13-16)15-19(24)20(17)23-25-21(2,3)22(4,5)26-23/h8-10,12-15,24H,6-7,11H2,1-5H3. The van der Waals surface area contributed by atoms with Crippen LogP contribution in [0.15, 0.2) is 42.5 Å². The Kier molecular flexibility index (Phi) is 5.18. The van der Waals surface area contributed by atoms with Crippen molar-refractivity contribution in [3.8, 4) is 16.9 Å². The first kappa shape index (κ1) is 19.0. The van der Waals surface area contributed by atoms with Crippen molar-refractivity contribution in [2.24, 2.45) is 0 Å². The van der Waals surface area contributed by atoms with Crippen molar-refractivity contribution >= 4 is 12.6 Å². The van der Waals surface area contributed by atoms with Gasteiger partial charge in [0.1, 0.15) is 5.75 Å². The molecule has 0 aromatic heterocycles. The molecule has 3 rings (SSSR count). The minimum atomic E-state index is -0.545. The van der Waals surface area contributed by atoms with E-state index in [1.54, 1.807) is 0 Å². The van der Waals surface area contributed by atoms with E-state index in [4.69, 9.17) is 9.31 Å². The lowest BCUT2D eigenvalue weighted by Gasteiger charge is -2.32. The Morgan fingerprint density at radius 2 is 1.54 bits per heavy atom. The van der Waals surface area contributed by atoms with Gasteiger partial charge in [-0.15, -0.1) is 0 Å². The second-order valence-electron chi connectivity index (χ2n) is 8.13. The first-order valence-corrected chi connectivity index (χ1v) is 9.52. The molecule has 1 saturated heterocycles. The third-order valence-electron chi connectivity index (χ3n) is 5.64. The first-order chi connectivity index (χ1) is 12.2. The van der Waals surface area contributed by atoms with Crippen LogP contribution in [0.4, 0.5) is 0 Å². The smallest absolute Gasteiger partial charge is 0.498 e. The van der Waals surface area contributed by atoms with Crippen LogP contribution in [0.25, 0.3) is 11.1 Å². The summed E-state index contributed by atoms with van der Waals surface area (Å²) in [5.41, 5.74) is 3.14. The largest absolute Gasteiger partial charge is 0.508 e. The van der Waals surface area contributed by atoms with Crippen LogP contribution in [-0.4, -0.2) is 23.4 Å². The van der Waals surface area contributed by atoms with Crippen molar-refractivity contribution in [1.82, 2.24) is 0 Å². The Hall–Kier alpha value is -1.78. The molecule has 3 nitrogen and oxygen atoms in total. The van der Waals surface area contributed by atoms with Crippen molar-refractivity contribution in [3.63, 3.8) is 0 Å². The zero-order valence-corrected chi connectivity index (χ0v) is 16.5. The Balaban J connectivity index is 2.05. The summed E-state index contributed by atoms with van der Waals surface area (Å²) in [6.07, 6.45) is 3.05. The monoisotopic (exact) mass is 352 g/mol. The van der Waals surface area contributed by atoms with Crippen LogP contribution >= 0.6 is 0 Å². The van der Waals surface area contributed by atoms with Gasteiger partial charge in [-0.3, -0.25) is 0 Å². The quantitative estimate of drug-likeness (QED) is 0.793. The molecule has 1 N–H and O–H groups in total. The summed E-state index contributed by atoms with van der Waals surface area (Å²) in [7, 11) is -0.545. The maximum absolute atomic E-state index is 10.9. The third-order valence-corrected chi connectivity index (χ3v) is 5.64. The van der Waals surface area contributed by atoms with E-state index in [9.17, 15) is 5.11 Å². The fourth-order valence-corrected chi connectivity index (χ4v) is 3.30. The van der Waals surface area contributed by atoms with E-state index in [1.807, 2.05) is 52.0 Å². The SMILES string of the molecule is CCCCc1cc(-c2ccccc2)cc(O)c1B1OC(C)(C)C(C)(C)O1. The number of aromatic hydroxyl groups is 1. The minimum Gasteiger partial charge on any atom is -0.508 e. The lowest BCUT2D eigenvalue weighted by molar-refractivity contribution is 0.00578. The van der Waals surface area contributed by atoms with E-state index in [1.165, 1.54) is 0 Å². The number of rotatable bonds is 5. The summed E-state index contributed by atoms with van der Waals surface area (Å²) in [5.74, 6) is 0.246. The predicted molar refractivity (Wildman–Crippen MR) is 108 cm³/mol. The Labute approximate surface area is 157 Å². The van der Waals surface area contributed by atoms with Gasteiger partial charge < -0.3 is 14.4 Å². The molecule has 0 saturated carbocycles.